The minimum atomic E-state index is 0.0140. The van der Waals surface area contributed by atoms with Crippen molar-refractivity contribution >= 4 is 17.7 Å². The zero-order chi connectivity index (χ0) is 23.7. The van der Waals surface area contributed by atoms with Crippen molar-refractivity contribution < 1.29 is 4.79 Å². The Hall–Kier alpha value is -3.46. The second-order valence-electron chi connectivity index (χ2n) is 9.14. The third kappa shape index (κ3) is 4.61. The molecule has 5 rings (SSSR count). The van der Waals surface area contributed by atoms with E-state index in [0.717, 1.165) is 54.9 Å². The van der Waals surface area contributed by atoms with E-state index in [4.69, 9.17) is 9.97 Å². The van der Waals surface area contributed by atoms with Crippen molar-refractivity contribution in [1.82, 2.24) is 29.5 Å². The van der Waals surface area contributed by atoms with E-state index < -0.39 is 0 Å². The Morgan fingerprint density at radius 1 is 0.824 bits per heavy atom. The van der Waals surface area contributed by atoms with E-state index in [2.05, 4.69) is 32.9 Å². The average molecular weight is 461 g/mol. The van der Waals surface area contributed by atoms with Gasteiger partial charge in [0.25, 0.3) is 5.91 Å². The van der Waals surface area contributed by atoms with Crippen LogP contribution in [-0.2, 0) is 7.05 Å². The molecule has 0 bridgehead atoms. The highest BCUT2D eigenvalue weighted by atomic mass is 16.2. The Morgan fingerprint density at radius 2 is 1.50 bits per heavy atom. The van der Waals surface area contributed by atoms with Gasteiger partial charge in [-0.2, -0.15) is 10.1 Å². The maximum Gasteiger partial charge on any atom is 0.272 e. The molecule has 178 valence electrons. The fourth-order valence-corrected chi connectivity index (χ4v) is 4.56. The van der Waals surface area contributed by atoms with Crippen LogP contribution in [0, 0.1) is 6.92 Å². The molecule has 9 heteroatoms. The second kappa shape index (κ2) is 9.42. The van der Waals surface area contributed by atoms with Gasteiger partial charge in [-0.15, -0.1) is 0 Å². The number of hydrogen-bond acceptors (Lipinski definition) is 7. The number of piperazine rings is 2. The summed E-state index contributed by atoms with van der Waals surface area (Å²) in [5.74, 6) is 1.77. The fraction of sp³-hybridized carbons (Fsp3) is 0.440. The van der Waals surface area contributed by atoms with E-state index >= 15 is 0 Å². The van der Waals surface area contributed by atoms with Crippen molar-refractivity contribution in [3.8, 4) is 11.3 Å². The summed E-state index contributed by atoms with van der Waals surface area (Å²) in [6.07, 6.45) is 0. The number of aromatic nitrogens is 4. The summed E-state index contributed by atoms with van der Waals surface area (Å²) >= 11 is 0. The van der Waals surface area contributed by atoms with Gasteiger partial charge < -0.3 is 19.6 Å². The molecule has 0 radical (unpaired) electrons. The monoisotopic (exact) mass is 460 g/mol. The molecule has 0 N–H and O–H groups in total. The van der Waals surface area contributed by atoms with Crippen LogP contribution < -0.4 is 9.80 Å². The number of anilines is 2. The molecular formula is C25H32N8O. The van der Waals surface area contributed by atoms with Crippen LogP contribution in [0.4, 0.5) is 11.8 Å². The Kier molecular flexibility index (Phi) is 6.19. The molecule has 1 amide bonds. The van der Waals surface area contributed by atoms with Gasteiger partial charge in [0.05, 0.1) is 5.69 Å². The van der Waals surface area contributed by atoms with Crippen molar-refractivity contribution in [1.29, 1.82) is 0 Å². The van der Waals surface area contributed by atoms with Crippen LogP contribution in [0.15, 0.2) is 42.5 Å². The normalized spacial score (nSPS) is 17.3. The van der Waals surface area contributed by atoms with Gasteiger partial charge in [-0.3, -0.25) is 9.48 Å². The zero-order valence-corrected chi connectivity index (χ0v) is 20.2. The lowest BCUT2D eigenvalue weighted by Gasteiger charge is -2.36. The molecule has 2 aliphatic rings. The molecule has 1 aromatic carbocycles. The summed E-state index contributed by atoms with van der Waals surface area (Å²) in [7, 11) is 3.99. The van der Waals surface area contributed by atoms with E-state index in [0.29, 0.717) is 31.9 Å². The Balaban J connectivity index is 1.26. The molecule has 4 heterocycles. The maximum absolute atomic E-state index is 13.3. The highest BCUT2D eigenvalue weighted by Gasteiger charge is 2.27. The molecule has 2 aliphatic heterocycles. The van der Waals surface area contributed by atoms with Gasteiger partial charge >= 0.3 is 0 Å². The quantitative estimate of drug-likeness (QED) is 0.589. The molecule has 9 nitrogen and oxygen atoms in total. The smallest absolute Gasteiger partial charge is 0.272 e. The molecule has 2 saturated heterocycles. The van der Waals surface area contributed by atoms with Crippen molar-refractivity contribution in [2.75, 3.05) is 69.2 Å². The van der Waals surface area contributed by atoms with Crippen molar-refractivity contribution in [2.24, 2.45) is 7.05 Å². The SMILES string of the molecule is Cc1cc(N2CCN(C)CC2)nc(N2CCN(C(=O)c3cc(-c4ccccc4)nn3C)CC2)n1. The Morgan fingerprint density at radius 3 is 2.21 bits per heavy atom. The standard InChI is InChI=1S/C25H32N8O/c1-19-17-23(31-11-9-29(2)10-12-31)27-25(26-19)33-15-13-32(14-16-33)24(34)22-18-21(28-30(22)3)20-7-5-4-6-8-20/h4-8,17-18H,9-16H2,1-3H3. The summed E-state index contributed by atoms with van der Waals surface area (Å²) in [6, 6.07) is 13.9. The average Bonchev–Trinajstić information content (AvgIpc) is 3.26. The van der Waals surface area contributed by atoms with E-state index in [1.807, 2.05) is 55.3 Å². The molecule has 0 aliphatic carbocycles. The van der Waals surface area contributed by atoms with Crippen LogP contribution in [0.3, 0.4) is 0 Å². The largest absolute Gasteiger partial charge is 0.354 e. The maximum atomic E-state index is 13.3. The minimum Gasteiger partial charge on any atom is -0.354 e. The van der Waals surface area contributed by atoms with Crippen LogP contribution >= 0.6 is 0 Å². The number of carbonyl (C=O) groups excluding carboxylic acids is 1. The van der Waals surface area contributed by atoms with Crippen LogP contribution in [0.1, 0.15) is 16.2 Å². The molecule has 2 aromatic heterocycles. The van der Waals surface area contributed by atoms with Gasteiger partial charge in [0, 0.05) is 76.7 Å². The first kappa shape index (κ1) is 22.3. The number of carbonyl (C=O) groups is 1. The number of amides is 1. The Labute approximate surface area is 200 Å². The molecule has 34 heavy (non-hydrogen) atoms. The second-order valence-corrected chi connectivity index (χ2v) is 9.14. The molecular weight excluding hydrogens is 428 g/mol. The fourth-order valence-electron chi connectivity index (χ4n) is 4.56. The summed E-state index contributed by atoms with van der Waals surface area (Å²) < 4.78 is 1.68. The van der Waals surface area contributed by atoms with Crippen LogP contribution in [0.2, 0.25) is 0 Å². The van der Waals surface area contributed by atoms with E-state index in [1.165, 1.54) is 0 Å². The lowest BCUT2D eigenvalue weighted by atomic mass is 10.1. The Bertz CT molecular complexity index is 1140. The van der Waals surface area contributed by atoms with Gasteiger partial charge in [-0.25, -0.2) is 4.98 Å². The molecule has 3 aromatic rings. The predicted octanol–water partition coefficient (Wildman–Crippen LogP) is 1.90. The third-order valence-corrected chi connectivity index (χ3v) is 6.67. The van der Waals surface area contributed by atoms with Gasteiger partial charge in [0.1, 0.15) is 11.5 Å². The topological polar surface area (TPSA) is 73.6 Å². The summed E-state index contributed by atoms with van der Waals surface area (Å²) in [5.41, 5.74) is 3.40. The van der Waals surface area contributed by atoms with Gasteiger partial charge in [0.15, 0.2) is 0 Å². The molecule has 2 fully saturated rings. The van der Waals surface area contributed by atoms with Crippen LogP contribution in [0.5, 0.6) is 0 Å². The minimum absolute atomic E-state index is 0.0140. The number of nitrogens with zero attached hydrogens (tertiary/aromatic N) is 8. The van der Waals surface area contributed by atoms with E-state index in [9.17, 15) is 4.79 Å². The number of likely N-dealkylation sites (N-methyl/N-ethyl adjacent to an activating group) is 1. The van der Waals surface area contributed by atoms with Crippen LogP contribution in [0.25, 0.3) is 11.3 Å². The number of hydrogen-bond donors (Lipinski definition) is 0. The number of benzene rings is 1. The first-order valence-electron chi connectivity index (χ1n) is 11.9. The summed E-state index contributed by atoms with van der Waals surface area (Å²) in [5, 5.41) is 4.56. The molecule has 0 spiro atoms. The molecule has 0 saturated carbocycles. The van der Waals surface area contributed by atoms with Gasteiger partial charge in [-0.1, -0.05) is 30.3 Å². The number of rotatable bonds is 4. The van der Waals surface area contributed by atoms with Crippen molar-refractivity contribution in [2.45, 2.75) is 6.92 Å². The van der Waals surface area contributed by atoms with Gasteiger partial charge in [0.2, 0.25) is 5.95 Å². The van der Waals surface area contributed by atoms with Crippen LogP contribution in [-0.4, -0.2) is 94.9 Å². The van der Waals surface area contributed by atoms with Crippen molar-refractivity contribution in [3.63, 3.8) is 0 Å². The lowest BCUT2D eigenvalue weighted by Crippen LogP contribution is -2.50. The lowest BCUT2D eigenvalue weighted by molar-refractivity contribution is 0.0735. The van der Waals surface area contributed by atoms with E-state index in [1.54, 1.807) is 4.68 Å². The predicted molar refractivity (Wildman–Crippen MR) is 133 cm³/mol. The van der Waals surface area contributed by atoms with Gasteiger partial charge in [-0.05, 0) is 20.0 Å². The van der Waals surface area contributed by atoms with E-state index in [-0.39, 0.29) is 5.91 Å². The van der Waals surface area contributed by atoms with Crippen molar-refractivity contribution in [3.05, 3.63) is 53.9 Å². The first-order chi connectivity index (χ1) is 16.5. The number of aryl methyl sites for hydroxylation is 2. The summed E-state index contributed by atoms with van der Waals surface area (Å²) in [4.78, 5) is 31.6. The molecule has 0 unspecified atom stereocenters. The highest BCUT2D eigenvalue weighted by molar-refractivity contribution is 5.94. The molecule has 0 atom stereocenters. The zero-order valence-electron chi connectivity index (χ0n) is 20.2. The highest BCUT2D eigenvalue weighted by Crippen LogP contribution is 2.22. The summed E-state index contributed by atoms with van der Waals surface area (Å²) in [6.45, 7) is 8.74. The first-order valence-corrected chi connectivity index (χ1v) is 11.9. The third-order valence-electron chi connectivity index (χ3n) is 6.67.